The van der Waals surface area contributed by atoms with Gasteiger partial charge in [0.05, 0.1) is 19.2 Å². The van der Waals surface area contributed by atoms with Gasteiger partial charge in [-0.15, -0.1) is 0 Å². The number of esters is 2. The standard InChI is InChI=1S/C9H10N2O3/c1-11-5-10-4-7(11)6-2-8(12)14-9(13)3-6/h4-6H,2-3H2,1H3. The molecule has 1 aliphatic heterocycles. The van der Waals surface area contributed by atoms with E-state index in [4.69, 9.17) is 0 Å². The fraction of sp³-hybridized carbons (Fsp3) is 0.444. The van der Waals surface area contributed by atoms with Crippen LogP contribution in [0.1, 0.15) is 24.5 Å². The Morgan fingerprint density at radius 3 is 2.57 bits per heavy atom. The van der Waals surface area contributed by atoms with Crippen LogP contribution in [0.5, 0.6) is 0 Å². The van der Waals surface area contributed by atoms with Gasteiger partial charge in [-0.3, -0.25) is 9.59 Å². The molecule has 0 N–H and O–H groups in total. The minimum atomic E-state index is -0.451. The van der Waals surface area contributed by atoms with Crippen LogP contribution in [0.2, 0.25) is 0 Å². The van der Waals surface area contributed by atoms with Crippen LogP contribution in [0, 0.1) is 0 Å². The van der Waals surface area contributed by atoms with Crippen molar-refractivity contribution in [3.63, 3.8) is 0 Å². The lowest BCUT2D eigenvalue weighted by Crippen LogP contribution is -2.25. The zero-order chi connectivity index (χ0) is 10.1. The molecule has 0 saturated carbocycles. The highest BCUT2D eigenvalue weighted by molar-refractivity contribution is 5.89. The predicted octanol–water partition coefficient (Wildman–Crippen LogP) is 0.367. The summed E-state index contributed by atoms with van der Waals surface area (Å²) >= 11 is 0. The Hall–Kier alpha value is -1.65. The molecule has 2 heterocycles. The lowest BCUT2D eigenvalue weighted by molar-refractivity contribution is -0.164. The molecule has 1 aromatic rings. The van der Waals surface area contributed by atoms with Gasteiger partial charge in [-0.2, -0.15) is 0 Å². The minimum Gasteiger partial charge on any atom is -0.393 e. The molecule has 1 aliphatic rings. The Morgan fingerprint density at radius 2 is 2.07 bits per heavy atom. The summed E-state index contributed by atoms with van der Waals surface area (Å²) in [5, 5.41) is 0. The first-order chi connectivity index (χ1) is 6.66. The van der Waals surface area contributed by atoms with Crippen molar-refractivity contribution in [3.05, 3.63) is 18.2 Å². The highest BCUT2D eigenvalue weighted by Gasteiger charge is 2.29. The molecule has 0 radical (unpaired) electrons. The van der Waals surface area contributed by atoms with E-state index >= 15 is 0 Å². The van der Waals surface area contributed by atoms with E-state index in [1.54, 1.807) is 12.5 Å². The molecule has 74 valence electrons. The second-order valence-corrected chi connectivity index (χ2v) is 3.38. The lowest BCUT2D eigenvalue weighted by Gasteiger charge is -2.19. The van der Waals surface area contributed by atoms with Gasteiger partial charge < -0.3 is 9.30 Å². The third kappa shape index (κ3) is 1.53. The third-order valence-corrected chi connectivity index (χ3v) is 2.33. The van der Waals surface area contributed by atoms with E-state index in [2.05, 4.69) is 9.72 Å². The highest BCUT2D eigenvalue weighted by Crippen LogP contribution is 2.27. The summed E-state index contributed by atoms with van der Waals surface area (Å²) in [6, 6.07) is 0. The number of hydrogen-bond acceptors (Lipinski definition) is 4. The monoisotopic (exact) mass is 194 g/mol. The van der Waals surface area contributed by atoms with Gasteiger partial charge in [-0.05, 0) is 0 Å². The molecule has 5 nitrogen and oxygen atoms in total. The fourth-order valence-corrected chi connectivity index (χ4v) is 1.65. The molecule has 0 aliphatic carbocycles. The van der Waals surface area contributed by atoms with Crippen LogP contribution in [-0.2, 0) is 21.4 Å². The summed E-state index contributed by atoms with van der Waals surface area (Å²) in [6.45, 7) is 0. The molecular weight excluding hydrogens is 184 g/mol. The van der Waals surface area contributed by atoms with Gasteiger partial charge in [-0.1, -0.05) is 0 Å². The molecule has 0 unspecified atom stereocenters. The van der Waals surface area contributed by atoms with Crippen LogP contribution >= 0.6 is 0 Å². The van der Waals surface area contributed by atoms with E-state index in [0.29, 0.717) is 0 Å². The summed E-state index contributed by atoms with van der Waals surface area (Å²) in [5.74, 6) is -0.990. The van der Waals surface area contributed by atoms with Crippen molar-refractivity contribution >= 4 is 11.9 Å². The molecule has 2 rings (SSSR count). The molecule has 0 amide bonds. The van der Waals surface area contributed by atoms with Gasteiger partial charge in [0.2, 0.25) is 0 Å². The maximum atomic E-state index is 11.0. The predicted molar refractivity (Wildman–Crippen MR) is 46.3 cm³/mol. The van der Waals surface area contributed by atoms with Gasteiger partial charge in [0.15, 0.2) is 0 Å². The average Bonchev–Trinajstić information content (AvgIpc) is 2.49. The van der Waals surface area contributed by atoms with Crippen molar-refractivity contribution in [2.75, 3.05) is 0 Å². The Morgan fingerprint density at radius 1 is 1.43 bits per heavy atom. The summed E-state index contributed by atoms with van der Waals surface area (Å²) < 4.78 is 6.26. The van der Waals surface area contributed by atoms with E-state index in [1.807, 2.05) is 11.6 Å². The van der Waals surface area contributed by atoms with Crippen molar-refractivity contribution in [2.24, 2.45) is 7.05 Å². The van der Waals surface area contributed by atoms with Gasteiger partial charge in [0.25, 0.3) is 0 Å². The Balaban J connectivity index is 2.23. The number of hydrogen-bond donors (Lipinski definition) is 0. The first-order valence-electron chi connectivity index (χ1n) is 4.36. The maximum absolute atomic E-state index is 11.0. The van der Waals surface area contributed by atoms with Crippen molar-refractivity contribution in [1.29, 1.82) is 0 Å². The highest BCUT2D eigenvalue weighted by atomic mass is 16.6. The number of nitrogens with zero attached hydrogens (tertiary/aromatic N) is 2. The van der Waals surface area contributed by atoms with E-state index in [1.165, 1.54) is 0 Å². The van der Waals surface area contributed by atoms with Gasteiger partial charge >= 0.3 is 11.9 Å². The molecular formula is C9H10N2O3. The topological polar surface area (TPSA) is 61.2 Å². The van der Waals surface area contributed by atoms with Crippen LogP contribution in [0.4, 0.5) is 0 Å². The number of imidazole rings is 1. The van der Waals surface area contributed by atoms with Crippen LogP contribution in [0.15, 0.2) is 12.5 Å². The summed E-state index contributed by atoms with van der Waals surface area (Å²) in [5.41, 5.74) is 0.898. The van der Waals surface area contributed by atoms with E-state index < -0.39 is 11.9 Å². The minimum absolute atomic E-state index is 0.0868. The van der Waals surface area contributed by atoms with Gasteiger partial charge in [0, 0.05) is 24.9 Å². The second kappa shape index (κ2) is 3.25. The second-order valence-electron chi connectivity index (χ2n) is 3.38. The number of rotatable bonds is 1. The van der Waals surface area contributed by atoms with Crippen molar-refractivity contribution in [1.82, 2.24) is 9.55 Å². The van der Waals surface area contributed by atoms with Crippen LogP contribution in [0.3, 0.4) is 0 Å². The zero-order valence-electron chi connectivity index (χ0n) is 7.77. The molecule has 0 aromatic carbocycles. The van der Waals surface area contributed by atoms with Gasteiger partial charge in [-0.25, -0.2) is 4.98 Å². The van der Waals surface area contributed by atoms with Crippen LogP contribution < -0.4 is 0 Å². The quantitative estimate of drug-likeness (QED) is 0.478. The van der Waals surface area contributed by atoms with E-state index in [9.17, 15) is 9.59 Å². The first kappa shape index (κ1) is 8.93. The average molecular weight is 194 g/mol. The van der Waals surface area contributed by atoms with Crippen LogP contribution in [-0.4, -0.2) is 21.5 Å². The van der Waals surface area contributed by atoms with Crippen LogP contribution in [0.25, 0.3) is 0 Å². The Kier molecular flexibility index (Phi) is 2.07. The molecule has 0 atom stereocenters. The molecule has 1 aromatic heterocycles. The molecule has 0 bridgehead atoms. The molecule has 1 fully saturated rings. The summed E-state index contributed by atoms with van der Waals surface area (Å²) in [4.78, 5) is 26.0. The third-order valence-electron chi connectivity index (χ3n) is 2.33. The number of carbonyl (C=O) groups excluding carboxylic acids is 2. The zero-order valence-corrected chi connectivity index (χ0v) is 7.77. The normalized spacial score (nSPS) is 18.4. The number of ether oxygens (including phenoxy) is 1. The van der Waals surface area contributed by atoms with E-state index in [0.717, 1.165) is 5.69 Å². The number of cyclic esters (lactones) is 2. The van der Waals surface area contributed by atoms with Gasteiger partial charge in [0.1, 0.15) is 0 Å². The fourth-order valence-electron chi connectivity index (χ4n) is 1.65. The molecule has 5 heteroatoms. The van der Waals surface area contributed by atoms with Crippen molar-refractivity contribution in [3.8, 4) is 0 Å². The molecule has 1 saturated heterocycles. The molecule has 14 heavy (non-hydrogen) atoms. The number of carbonyl (C=O) groups is 2. The van der Waals surface area contributed by atoms with E-state index in [-0.39, 0.29) is 18.8 Å². The largest absolute Gasteiger partial charge is 0.393 e. The van der Waals surface area contributed by atoms with Crippen molar-refractivity contribution in [2.45, 2.75) is 18.8 Å². The Bertz CT molecular complexity index is 367. The maximum Gasteiger partial charge on any atom is 0.314 e. The number of aromatic nitrogens is 2. The summed E-state index contributed by atoms with van der Waals surface area (Å²) in [6.07, 6.45) is 3.84. The number of aryl methyl sites for hydroxylation is 1. The van der Waals surface area contributed by atoms with Crippen molar-refractivity contribution < 1.29 is 14.3 Å². The Labute approximate surface area is 80.7 Å². The lowest BCUT2D eigenvalue weighted by atomic mass is 9.96. The summed E-state index contributed by atoms with van der Waals surface area (Å²) in [7, 11) is 1.84. The smallest absolute Gasteiger partial charge is 0.314 e. The first-order valence-corrected chi connectivity index (χ1v) is 4.36. The SMILES string of the molecule is Cn1cncc1C1CC(=O)OC(=O)C1. The molecule has 0 spiro atoms.